The largest absolute Gasteiger partial charge is 0.497 e. The van der Waals surface area contributed by atoms with E-state index >= 15 is 0 Å². The van der Waals surface area contributed by atoms with E-state index in [2.05, 4.69) is 15.0 Å². The smallest absolute Gasteiger partial charge is 0.240 e. The monoisotopic (exact) mass is 441 g/mol. The Labute approximate surface area is 184 Å². The van der Waals surface area contributed by atoms with E-state index in [1.54, 1.807) is 25.3 Å². The lowest BCUT2D eigenvalue weighted by Gasteiger charge is -2.16. The normalized spacial score (nSPS) is 14.6. The van der Waals surface area contributed by atoms with Crippen LogP contribution in [0.4, 0.5) is 5.82 Å². The van der Waals surface area contributed by atoms with Crippen molar-refractivity contribution < 1.29 is 20.8 Å². The summed E-state index contributed by atoms with van der Waals surface area (Å²) in [7, 11) is -0.515. The molecule has 0 unspecified atom stereocenters. The molecule has 0 atom stereocenters. The van der Waals surface area contributed by atoms with Gasteiger partial charge in [0.1, 0.15) is 11.6 Å². The van der Waals surface area contributed by atoms with E-state index in [9.17, 15) is 13.2 Å². The van der Waals surface area contributed by atoms with Gasteiger partial charge in [-0.05, 0) is 61.9 Å². The summed E-state index contributed by atoms with van der Waals surface area (Å²) in [6, 6.07) is 19.4. The van der Waals surface area contributed by atoms with Gasteiger partial charge >= 0.3 is 0 Å². The average molecular weight is 442 g/mol. The molecule has 1 heterocycles. The Morgan fingerprint density at radius 2 is 1.71 bits per heavy atom. The SMILES string of the molecule is CNS(=O)(=O)c1ccc(-c2cccc(NC(=O)C3(c4ccc(OC)cc4)CC3)n2)cc1.[HH].[HH]. The minimum atomic E-state index is -3.50. The summed E-state index contributed by atoms with van der Waals surface area (Å²) in [6.45, 7) is 0. The molecule has 1 aromatic heterocycles. The van der Waals surface area contributed by atoms with Crippen molar-refractivity contribution in [1.82, 2.24) is 9.71 Å². The maximum absolute atomic E-state index is 13.0. The van der Waals surface area contributed by atoms with Crippen LogP contribution in [-0.4, -0.2) is 33.5 Å². The Hall–Kier alpha value is -3.23. The molecule has 2 aromatic carbocycles. The van der Waals surface area contributed by atoms with Crippen LogP contribution in [0.15, 0.2) is 71.6 Å². The van der Waals surface area contributed by atoms with E-state index in [4.69, 9.17) is 4.74 Å². The number of amides is 1. The van der Waals surface area contributed by atoms with E-state index in [-0.39, 0.29) is 13.7 Å². The number of nitrogens with one attached hydrogen (secondary N) is 2. The van der Waals surface area contributed by atoms with Gasteiger partial charge in [-0.25, -0.2) is 18.1 Å². The molecule has 0 aliphatic heterocycles. The Kier molecular flexibility index (Phi) is 5.51. The molecule has 0 spiro atoms. The van der Waals surface area contributed by atoms with Gasteiger partial charge in [-0.1, -0.05) is 30.3 Å². The van der Waals surface area contributed by atoms with Crippen LogP contribution in [0.3, 0.4) is 0 Å². The first-order chi connectivity index (χ1) is 14.9. The maximum Gasteiger partial charge on any atom is 0.240 e. The molecular weight excluding hydrogens is 414 g/mol. The van der Waals surface area contributed by atoms with Gasteiger partial charge in [-0.3, -0.25) is 4.79 Å². The van der Waals surface area contributed by atoms with E-state index in [1.165, 1.54) is 19.2 Å². The highest BCUT2D eigenvalue weighted by molar-refractivity contribution is 7.89. The lowest BCUT2D eigenvalue weighted by molar-refractivity contribution is -0.118. The number of methoxy groups -OCH3 is 1. The van der Waals surface area contributed by atoms with Crippen LogP contribution in [0.1, 0.15) is 21.3 Å². The van der Waals surface area contributed by atoms with Crippen molar-refractivity contribution in [2.45, 2.75) is 23.2 Å². The molecule has 31 heavy (non-hydrogen) atoms. The third-order valence-corrected chi connectivity index (χ3v) is 6.98. The number of rotatable bonds is 7. The topological polar surface area (TPSA) is 97.4 Å². The summed E-state index contributed by atoms with van der Waals surface area (Å²) >= 11 is 0. The highest BCUT2D eigenvalue weighted by Crippen LogP contribution is 2.49. The fourth-order valence-corrected chi connectivity index (χ4v) is 4.24. The molecule has 1 aliphatic carbocycles. The number of carbonyl (C=O) groups excluding carboxylic acids is 1. The van der Waals surface area contributed by atoms with Gasteiger partial charge in [0.25, 0.3) is 0 Å². The molecule has 3 aromatic rings. The number of nitrogens with zero attached hydrogens (tertiary/aromatic N) is 1. The highest BCUT2D eigenvalue weighted by atomic mass is 32.2. The van der Waals surface area contributed by atoms with Gasteiger partial charge in [0, 0.05) is 8.42 Å². The molecule has 1 fully saturated rings. The lowest BCUT2D eigenvalue weighted by Crippen LogP contribution is -2.28. The van der Waals surface area contributed by atoms with Crippen LogP contribution in [0, 0.1) is 0 Å². The van der Waals surface area contributed by atoms with E-state index in [0.717, 1.165) is 29.7 Å². The predicted octanol–water partition coefficient (Wildman–Crippen LogP) is 3.83. The van der Waals surface area contributed by atoms with E-state index in [0.29, 0.717) is 11.5 Å². The third kappa shape index (κ3) is 4.17. The number of benzene rings is 2. The van der Waals surface area contributed by atoms with Gasteiger partial charge in [0.2, 0.25) is 15.9 Å². The fourth-order valence-electron chi connectivity index (χ4n) is 3.51. The Morgan fingerprint density at radius 3 is 2.29 bits per heavy atom. The summed E-state index contributed by atoms with van der Waals surface area (Å²) in [5.41, 5.74) is 1.82. The van der Waals surface area contributed by atoms with Crippen LogP contribution in [0.25, 0.3) is 11.3 Å². The molecule has 0 saturated heterocycles. The number of sulfonamides is 1. The molecule has 164 valence electrons. The van der Waals surface area contributed by atoms with Crippen molar-refractivity contribution in [2.75, 3.05) is 19.5 Å². The first-order valence-electron chi connectivity index (χ1n) is 9.85. The highest BCUT2D eigenvalue weighted by Gasteiger charge is 2.51. The zero-order chi connectivity index (χ0) is 22.1. The zero-order valence-electron chi connectivity index (χ0n) is 17.3. The number of aromatic nitrogens is 1. The number of hydrogen-bond acceptors (Lipinski definition) is 5. The van der Waals surface area contributed by atoms with Crippen LogP contribution < -0.4 is 14.8 Å². The summed E-state index contributed by atoms with van der Waals surface area (Å²) in [5.74, 6) is 1.12. The fraction of sp³-hybridized carbons (Fsp3) is 0.217. The standard InChI is InChI=1S/C23H23N3O4S.2H2/c1-24-31(28,29)19-12-6-16(7-13-19)20-4-3-5-21(25-20)26-22(27)23(14-15-23)17-8-10-18(30-2)11-9-17;;/h3-13,24H,14-15H2,1-2H3,(H,25,26,27);2*1H. The van der Waals surface area contributed by atoms with Crippen LogP contribution in [0.2, 0.25) is 0 Å². The molecule has 2 N–H and O–H groups in total. The molecule has 4 rings (SSSR count). The number of hydrogen-bond donors (Lipinski definition) is 2. The van der Waals surface area contributed by atoms with E-state index < -0.39 is 15.4 Å². The summed E-state index contributed by atoms with van der Waals surface area (Å²) in [5, 5.41) is 2.94. The van der Waals surface area contributed by atoms with Crippen molar-refractivity contribution >= 4 is 21.7 Å². The van der Waals surface area contributed by atoms with Crippen LogP contribution in [-0.2, 0) is 20.2 Å². The summed E-state index contributed by atoms with van der Waals surface area (Å²) in [6.07, 6.45) is 1.57. The van der Waals surface area contributed by atoms with Gasteiger partial charge in [-0.2, -0.15) is 0 Å². The Balaban J connectivity index is 0.00000193. The van der Waals surface area contributed by atoms with Gasteiger partial charge in [0.05, 0.1) is 23.1 Å². The number of anilines is 1. The minimum absolute atomic E-state index is 0. The van der Waals surface area contributed by atoms with Gasteiger partial charge < -0.3 is 10.1 Å². The summed E-state index contributed by atoms with van der Waals surface area (Å²) in [4.78, 5) is 17.8. The van der Waals surface area contributed by atoms with Crippen molar-refractivity contribution in [3.63, 3.8) is 0 Å². The van der Waals surface area contributed by atoms with E-state index in [1.807, 2.05) is 36.4 Å². The van der Waals surface area contributed by atoms with Gasteiger partial charge in [-0.15, -0.1) is 0 Å². The zero-order valence-corrected chi connectivity index (χ0v) is 18.1. The average Bonchev–Trinajstić information content (AvgIpc) is 3.62. The molecule has 7 nitrogen and oxygen atoms in total. The minimum Gasteiger partial charge on any atom is -0.497 e. The second-order valence-corrected chi connectivity index (χ2v) is 9.29. The lowest BCUT2D eigenvalue weighted by atomic mass is 9.95. The first-order valence-corrected chi connectivity index (χ1v) is 11.3. The van der Waals surface area contributed by atoms with Crippen molar-refractivity contribution in [3.05, 3.63) is 72.3 Å². The molecule has 1 saturated carbocycles. The van der Waals surface area contributed by atoms with Crippen molar-refractivity contribution in [2.24, 2.45) is 0 Å². The molecular formula is C23H27N3O4S. The first kappa shape index (κ1) is 21.0. The van der Waals surface area contributed by atoms with Crippen molar-refractivity contribution in [3.8, 4) is 17.0 Å². The number of ether oxygens (including phenoxy) is 1. The van der Waals surface area contributed by atoms with Crippen molar-refractivity contribution in [1.29, 1.82) is 0 Å². The molecule has 8 heteroatoms. The number of carbonyl (C=O) groups is 1. The van der Waals surface area contributed by atoms with Crippen LogP contribution in [0.5, 0.6) is 5.75 Å². The Morgan fingerprint density at radius 1 is 1.03 bits per heavy atom. The second kappa shape index (κ2) is 8.13. The van der Waals surface area contributed by atoms with Crippen LogP contribution >= 0.6 is 0 Å². The molecule has 0 bridgehead atoms. The molecule has 1 aliphatic rings. The second-order valence-electron chi connectivity index (χ2n) is 7.40. The molecule has 1 amide bonds. The quantitative estimate of drug-likeness (QED) is 0.581. The maximum atomic E-state index is 13.0. The molecule has 0 radical (unpaired) electrons. The predicted molar refractivity (Wildman–Crippen MR) is 123 cm³/mol. The Bertz CT molecular complexity index is 1210. The summed E-state index contributed by atoms with van der Waals surface area (Å²) < 4.78 is 31.3. The number of pyridine rings is 1. The third-order valence-electron chi connectivity index (χ3n) is 5.55. The van der Waals surface area contributed by atoms with Gasteiger partial charge in [0.15, 0.2) is 0 Å².